The number of amides is 2. The Morgan fingerprint density at radius 1 is 1.19 bits per heavy atom. The van der Waals surface area contributed by atoms with Crippen molar-refractivity contribution in [2.45, 2.75) is 39.2 Å². The Kier molecular flexibility index (Phi) is 7.66. The van der Waals surface area contributed by atoms with E-state index < -0.39 is 0 Å². The Labute approximate surface area is 190 Å². The molecule has 32 heavy (non-hydrogen) atoms. The molecule has 0 aliphatic carbocycles. The number of aromatic nitrogens is 2. The van der Waals surface area contributed by atoms with Crippen molar-refractivity contribution in [3.05, 3.63) is 47.4 Å². The van der Waals surface area contributed by atoms with Gasteiger partial charge in [0, 0.05) is 53.1 Å². The van der Waals surface area contributed by atoms with E-state index in [4.69, 9.17) is 14.7 Å². The number of para-hydroxylation sites is 1. The van der Waals surface area contributed by atoms with Gasteiger partial charge in [-0.05, 0) is 31.9 Å². The summed E-state index contributed by atoms with van der Waals surface area (Å²) in [6.07, 6.45) is 1.87. The van der Waals surface area contributed by atoms with Gasteiger partial charge in [-0.3, -0.25) is 9.59 Å². The van der Waals surface area contributed by atoms with Crippen LogP contribution in [0.5, 0.6) is 5.75 Å². The number of hydrogen-bond donors (Lipinski definition) is 0. The minimum absolute atomic E-state index is 0.0805. The fourth-order valence-electron chi connectivity index (χ4n) is 3.91. The predicted octanol–water partition coefficient (Wildman–Crippen LogP) is 2.94. The molecule has 172 valence electrons. The summed E-state index contributed by atoms with van der Waals surface area (Å²) in [5.41, 5.74) is 1.30. The summed E-state index contributed by atoms with van der Waals surface area (Å²) in [4.78, 5) is 40.0. The van der Waals surface area contributed by atoms with E-state index in [-0.39, 0.29) is 17.7 Å². The maximum Gasteiger partial charge on any atom is 0.257 e. The lowest BCUT2D eigenvalue weighted by atomic mass is 9.97. The predicted molar refractivity (Wildman–Crippen MR) is 124 cm³/mol. The number of ether oxygens (including phenoxy) is 1. The van der Waals surface area contributed by atoms with Gasteiger partial charge in [-0.15, -0.1) is 0 Å². The first kappa shape index (κ1) is 23.5. The first-order valence-electron chi connectivity index (χ1n) is 11.1. The van der Waals surface area contributed by atoms with Crippen LogP contribution in [0.4, 0.5) is 5.82 Å². The zero-order valence-corrected chi connectivity index (χ0v) is 19.7. The van der Waals surface area contributed by atoms with Gasteiger partial charge in [-0.25, -0.2) is 9.97 Å². The van der Waals surface area contributed by atoms with Crippen molar-refractivity contribution in [1.29, 1.82) is 0 Å². The Balaban J connectivity index is 1.84. The summed E-state index contributed by atoms with van der Waals surface area (Å²) in [5.74, 6) is 2.15. The molecule has 8 nitrogen and oxygen atoms in total. The zero-order chi connectivity index (χ0) is 23.3. The van der Waals surface area contributed by atoms with Crippen LogP contribution < -0.4 is 9.64 Å². The number of piperidine rings is 1. The summed E-state index contributed by atoms with van der Waals surface area (Å²) >= 11 is 0. The number of rotatable bonds is 7. The second-order valence-corrected chi connectivity index (χ2v) is 8.36. The van der Waals surface area contributed by atoms with Gasteiger partial charge < -0.3 is 19.4 Å². The van der Waals surface area contributed by atoms with Crippen molar-refractivity contribution < 1.29 is 14.3 Å². The van der Waals surface area contributed by atoms with E-state index in [1.165, 1.54) is 0 Å². The van der Waals surface area contributed by atoms with Crippen LogP contribution in [-0.4, -0.2) is 72.4 Å². The number of likely N-dealkylation sites (tertiary alicyclic amines) is 1. The zero-order valence-electron chi connectivity index (χ0n) is 19.7. The number of benzene rings is 1. The van der Waals surface area contributed by atoms with Gasteiger partial charge in [-0.2, -0.15) is 0 Å². The number of nitrogens with zero attached hydrogens (tertiary/aromatic N) is 5. The number of anilines is 1. The highest BCUT2D eigenvalue weighted by molar-refractivity contribution is 5.96. The Bertz CT molecular complexity index is 962. The molecule has 0 saturated carbocycles. The third kappa shape index (κ3) is 5.55. The molecule has 1 aromatic carbocycles. The van der Waals surface area contributed by atoms with Crippen molar-refractivity contribution in [3.8, 4) is 5.75 Å². The molecule has 0 unspecified atom stereocenters. The summed E-state index contributed by atoms with van der Waals surface area (Å²) in [6.45, 7) is 5.75. The minimum Gasteiger partial charge on any atom is -0.493 e. The van der Waals surface area contributed by atoms with Crippen molar-refractivity contribution in [2.24, 2.45) is 0 Å². The van der Waals surface area contributed by atoms with Gasteiger partial charge >= 0.3 is 0 Å². The minimum atomic E-state index is -0.124. The van der Waals surface area contributed by atoms with E-state index in [0.717, 1.165) is 36.7 Å². The first-order valence-corrected chi connectivity index (χ1v) is 11.1. The van der Waals surface area contributed by atoms with Gasteiger partial charge in [0.15, 0.2) is 0 Å². The van der Waals surface area contributed by atoms with Gasteiger partial charge in [0.25, 0.3) is 5.91 Å². The number of carbonyl (C=O) groups excluding carboxylic acids is 2. The Hall–Kier alpha value is -3.16. The van der Waals surface area contributed by atoms with Crippen LogP contribution in [0.1, 0.15) is 54.5 Å². The van der Waals surface area contributed by atoms with Crippen LogP contribution >= 0.6 is 0 Å². The van der Waals surface area contributed by atoms with Crippen molar-refractivity contribution >= 4 is 17.6 Å². The Morgan fingerprint density at radius 2 is 1.94 bits per heavy atom. The molecule has 2 heterocycles. The summed E-state index contributed by atoms with van der Waals surface area (Å²) < 4.78 is 5.62. The molecule has 2 amide bonds. The van der Waals surface area contributed by atoms with Crippen molar-refractivity contribution in [1.82, 2.24) is 19.8 Å². The SMILES string of the molecule is CCOc1ccccc1C(=O)N(C)Cc1cc(N(C)C)nc([C@@H]2CCCN(C(C)=O)C2)n1. The summed E-state index contributed by atoms with van der Waals surface area (Å²) in [6, 6.07) is 9.18. The smallest absolute Gasteiger partial charge is 0.257 e. The van der Waals surface area contributed by atoms with Crippen LogP contribution in [-0.2, 0) is 11.3 Å². The number of hydrogen-bond acceptors (Lipinski definition) is 6. The quantitative estimate of drug-likeness (QED) is 0.660. The molecule has 3 rings (SSSR count). The molecular weight excluding hydrogens is 406 g/mol. The molecule has 1 atom stereocenters. The second-order valence-electron chi connectivity index (χ2n) is 8.36. The molecule has 0 N–H and O–H groups in total. The molecule has 1 fully saturated rings. The third-order valence-electron chi connectivity index (χ3n) is 5.64. The average molecular weight is 440 g/mol. The Morgan fingerprint density at radius 3 is 2.62 bits per heavy atom. The lowest BCUT2D eigenvalue weighted by Gasteiger charge is -2.31. The molecule has 2 aromatic rings. The van der Waals surface area contributed by atoms with E-state index in [2.05, 4.69) is 0 Å². The monoisotopic (exact) mass is 439 g/mol. The van der Waals surface area contributed by atoms with Gasteiger partial charge in [0.1, 0.15) is 17.4 Å². The fraction of sp³-hybridized carbons (Fsp3) is 0.500. The lowest BCUT2D eigenvalue weighted by Crippen LogP contribution is -2.38. The van der Waals surface area contributed by atoms with Crippen LogP contribution in [0, 0.1) is 0 Å². The van der Waals surface area contributed by atoms with Crippen LogP contribution in [0.3, 0.4) is 0 Å². The molecule has 1 aliphatic rings. The highest BCUT2D eigenvalue weighted by Crippen LogP contribution is 2.27. The van der Waals surface area contributed by atoms with E-state index >= 15 is 0 Å². The van der Waals surface area contributed by atoms with E-state index in [9.17, 15) is 9.59 Å². The third-order valence-corrected chi connectivity index (χ3v) is 5.64. The number of carbonyl (C=O) groups is 2. The molecular formula is C24H33N5O3. The molecule has 1 saturated heterocycles. The van der Waals surface area contributed by atoms with Crippen molar-refractivity contribution in [2.75, 3.05) is 45.7 Å². The maximum absolute atomic E-state index is 13.1. The normalized spacial score (nSPS) is 15.9. The highest BCUT2D eigenvalue weighted by Gasteiger charge is 2.26. The fourth-order valence-corrected chi connectivity index (χ4v) is 3.91. The largest absolute Gasteiger partial charge is 0.493 e. The second kappa shape index (κ2) is 10.4. The van der Waals surface area contributed by atoms with Crippen LogP contribution in [0.25, 0.3) is 0 Å². The average Bonchev–Trinajstić information content (AvgIpc) is 2.79. The molecule has 1 aromatic heterocycles. The van der Waals surface area contributed by atoms with Crippen LogP contribution in [0.15, 0.2) is 30.3 Å². The van der Waals surface area contributed by atoms with Crippen molar-refractivity contribution in [3.63, 3.8) is 0 Å². The van der Waals surface area contributed by atoms with E-state index in [0.29, 0.717) is 31.0 Å². The van der Waals surface area contributed by atoms with E-state index in [1.807, 2.05) is 49.0 Å². The molecule has 1 aliphatic heterocycles. The lowest BCUT2D eigenvalue weighted by molar-refractivity contribution is -0.130. The van der Waals surface area contributed by atoms with Gasteiger partial charge in [0.05, 0.1) is 24.4 Å². The highest BCUT2D eigenvalue weighted by atomic mass is 16.5. The first-order chi connectivity index (χ1) is 15.3. The van der Waals surface area contributed by atoms with E-state index in [1.54, 1.807) is 31.0 Å². The van der Waals surface area contributed by atoms with Gasteiger partial charge in [-0.1, -0.05) is 12.1 Å². The summed E-state index contributed by atoms with van der Waals surface area (Å²) in [5, 5.41) is 0. The molecule has 0 bridgehead atoms. The standard InChI is InChI=1S/C24H33N5O3/c1-6-32-21-12-8-7-11-20(21)24(31)28(5)16-19-14-22(27(3)4)26-23(25-19)18-10-9-13-29(15-18)17(2)30/h7-8,11-12,14,18H,6,9-10,13,15-16H2,1-5H3/t18-/m1/s1. The van der Waals surface area contributed by atoms with Crippen LogP contribution in [0.2, 0.25) is 0 Å². The maximum atomic E-state index is 13.1. The summed E-state index contributed by atoms with van der Waals surface area (Å²) in [7, 11) is 5.64. The van der Waals surface area contributed by atoms with Gasteiger partial charge in [0.2, 0.25) is 5.91 Å². The molecule has 0 spiro atoms. The topological polar surface area (TPSA) is 78.9 Å². The molecule has 8 heteroatoms. The molecule has 0 radical (unpaired) electrons.